The van der Waals surface area contributed by atoms with Gasteiger partial charge < -0.3 is 0 Å². The second-order valence-corrected chi connectivity index (χ2v) is 10.1. The number of rotatable bonds is 3. The fourth-order valence-corrected chi connectivity index (χ4v) is 3.64. The highest BCUT2D eigenvalue weighted by molar-refractivity contribution is 7.97. The summed E-state index contributed by atoms with van der Waals surface area (Å²) >= 11 is 1.75. The van der Waals surface area contributed by atoms with Crippen LogP contribution in [-0.4, -0.2) is 17.5 Å². The molecule has 1 fully saturated rings. The summed E-state index contributed by atoms with van der Waals surface area (Å²) in [5, 5.41) is 0. The first-order chi connectivity index (χ1) is 12.1. The van der Waals surface area contributed by atoms with Crippen molar-refractivity contribution in [2.45, 2.75) is 92.9 Å². The number of aromatic nitrogens is 1. The average molecular weight is 380 g/mol. The Balaban J connectivity index is 0.000000419. The quantitative estimate of drug-likeness (QED) is 0.525. The summed E-state index contributed by atoms with van der Waals surface area (Å²) in [5.41, 5.74) is 3.10. The third-order valence-electron chi connectivity index (χ3n) is 5.23. The molecule has 0 amide bonds. The van der Waals surface area contributed by atoms with Gasteiger partial charge in [0.05, 0.1) is 0 Å². The maximum atomic E-state index is 4.25. The van der Waals surface area contributed by atoms with E-state index in [-0.39, 0.29) is 0 Å². The van der Waals surface area contributed by atoms with E-state index in [1.54, 1.807) is 11.8 Å². The number of hydrogen-bond donors (Lipinski definition) is 0. The summed E-state index contributed by atoms with van der Waals surface area (Å²) in [6, 6.07) is 4.17. The van der Waals surface area contributed by atoms with Crippen molar-refractivity contribution in [1.29, 1.82) is 0 Å². The predicted octanol–water partition coefficient (Wildman–Crippen LogP) is 8.13. The van der Waals surface area contributed by atoms with Gasteiger partial charge in [-0.3, -0.25) is 4.98 Å². The fraction of sp³-hybridized carbons (Fsp3) is 0.792. The van der Waals surface area contributed by atoms with Crippen LogP contribution in [0.4, 0.5) is 0 Å². The molecule has 26 heavy (non-hydrogen) atoms. The number of thioether (sulfide) groups is 1. The SMILES string of the molecule is CC1CCC(CC(C)(C)C)CC1.CCC(C)c1cccnc1C.CSC. The first kappa shape index (κ1) is 25.5. The van der Waals surface area contributed by atoms with Gasteiger partial charge in [-0.15, -0.1) is 0 Å². The summed E-state index contributed by atoms with van der Waals surface area (Å²) in [6.45, 7) is 16.0. The van der Waals surface area contributed by atoms with Gasteiger partial charge >= 0.3 is 0 Å². The summed E-state index contributed by atoms with van der Waals surface area (Å²) in [7, 11) is 0. The van der Waals surface area contributed by atoms with E-state index >= 15 is 0 Å². The number of aryl methyl sites for hydroxylation is 1. The van der Waals surface area contributed by atoms with Crippen LogP contribution in [0.3, 0.4) is 0 Å². The van der Waals surface area contributed by atoms with Crippen LogP contribution in [0.2, 0.25) is 0 Å². The van der Waals surface area contributed by atoms with Crippen molar-refractivity contribution in [1.82, 2.24) is 4.98 Å². The zero-order chi connectivity index (χ0) is 20.2. The Hall–Kier alpha value is -0.500. The smallest absolute Gasteiger partial charge is 0.0407 e. The van der Waals surface area contributed by atoms with Gasteiger partial charge in [-0.2, -0.15) is 11.8 Å². The molecule has 1 unspecified atom stereocenters. The minimum Gasteiger partial charge on any atom is -0.261 e. The Bertz CT molecular complexity index is 456. The van der Waals surface area contributed by atoms with E-state index in [1.807, 2.05) is 24.8 Å². The van der Waals surface area contributed by atoms with Gasteiger partial charge in [-0.05, 0) is 67.1 Å². The van der Waals surface area contributed by atoms with Crippen molar-refractivity contribution in [3.63, 3.8) is 0 Å². The van der Waals surface area contributed by atoms with Gasteiger partial charge in [-0.1, -0.05) is 73.3 Å². The molecule has 1 nitrogen and oxygen atoms in total. The monoisotopic (exact) mass is 379 g/mol. The zero-order valence-corrected chi connectivity index (χ0v) is 19.9. The predicted molar refractivity (Wildman–Crippen MR) is 122 cm³/mol. The van der Waals surface area contributed by atoms with E-state index in [0.717, 1.165) is 11.8 Å². The Morgan fingerprint density at radius 2 is 1.69 bits per heavy atom. The van der Waals surface area contributed by atoms with Gasteiger partial charge in [-0.25, -0.2) is 0 Å². The van der Waals surface area contributed by atoms with E-state index in [0.29, 0.717) is 11.3 Å². The zero-order valence-electron chi connectivity index (χ0n) is 19.1. The second kappa shape index (κ2) is 13.6. The molecule has 152 valence electrons. The molecular weight excluding hydrogens is 334 g/mol. The molecule has 1 aliphatic rings. The highest BCUT2D eigenvalue weighted by Crippen LogP contribution is 2.35. The maximum Gasteiger partial charge on any atom is 0.0407 e. The van der Waals surface area contributed by atoms with Crippen molar-refractivity contribution in [3.8, 4) is 0 Å². The molecule has 1 aromatic rings. The molecule has 0 saturated heterocycles. The first-order valence-corrected chi connectivity index (χ1v) is 12.1. The van der Waals surface area contributed by atoms with Gasteiger partial charge in [0.15, 0.2) is 0 Å². The van der Waals surface area contributed by atoms with Crippen LogP contribution in [-0.2, 0) is 0 Å². The molecule has 1 heterocycles. The Kier molecular flexibility index (Phi) is 13.4. The third-order valence-corrected chi connectivity index (χ3v) is 5.23. The van der Waals surface area contributed by atoms with Crippen molar-refractivity contribution >= 4 is 11.8 Å². The normalized spacial score (nSPS) is 21.0. The second-order valence-electron chi connectivity index (χ2n) is 9.29. The summed E-state index contributed by atoms with van der Waals surface area (Å²) < 4.78 is 0. The molecule has 0 radical (unpaired) electrons. The van der Waals surface area contributed by atoms with Gasteiger partial charge in [0.25, 0.3) is 0 Å². The molecule has 1 atom stereocenters. The van der Waals surface area contributed by atoms with Crippen LogP contribution >= 0.6 is 11.8 Å². The van der Waals surface area contributed by atoms with Crippen LogP contribution in [0.15, 0.2) is 18.3 Å². The van der Waals surface area contributed by atoms with Gasteiger partial charge in [0.1, 0.15) is 0 Å². The third kappa shape index (κ3) is 12.0. The first-order valence-electron chi connectivity index (χ1n) is 10.5. The molecular formula is C24H45NS. The Morgan fingerprint density at radius 1 is 1.15 bits per heavy atom. The molecule has 0 spiro atoms. The van der Waals surface area contributed by atoms with Crippen molar-refractivity contribution in [3.05, 3.63) is 29.6 Å². The summed E-state index contributed by atoms with van der Waals surface area (Å²) in [5.74, 6) is 2.67. The van der Waals surface area contributed by atoms with E-state index in [4.69, 9.17) is 0 Å². The molecule has 2 heteroatoms. The minimum atomic E-state index is 0.547. The maximum absolute atomic E-state index is 4.25. The number of nitrogens with zero attached hydrogens (tertiary/aromatic N) is 1. The van der Waals surface area contributed by atoms with Crippen LogP contribution in [0.25, 0.3) is 0 Å². The van der Waals surface area contributed by atoms with Crippen LogP contribution in [0.1, 0.15) is 97.2 Å². The van der Waals surface area contributed by atoms with Crippen molar-refractivity contribution in [2.75, 3.05) is 12.5 Å². The van der Waals surface area contributed by atoms with Crippen LogP contribution in [0.5, 0.6) is 0 Å². The lowest BCUT2D eigenvalue weighted by atomic mass is 9.75. The van der Waals surface area contributed by atoms with Crippen molar-refractivity contribution < 1.29 is 0 Å². The van der Waals surface area contributed by atoms with Crippen LogP contribution < -0.4 is 0 Å². The molecule has 0 aliphatic heterocycles. The van der Waals surface area contributed by atoms with E-state index in [9.17, 15) is 0 Å². The number of pyridine rings is 1. The van der Waals surface area contributed by atoms with Gasteiger partial charge in [0.2, 0.25) is 0 Å². The van der Waals surface area contributed by atoms with Crippen LogP contribution in [0, 0.1) is 24.2 Å². The lowest BCUT2D eigenvalue weighted by Gasteiger charge is -2.31. The molecule has 1 aromatic heterocycles. The fourth-order valence-electron chi connectivity index (χ4n) is 3.64. The standard InChI is InChI=1S/C12H24.C10H15N.C2H6S/c1-10-5-7-11(8-6-10)9-12(2,3)4;1-4-8(2)10-6-5-7-11-9(10)3;1-3-2/h10-11H,5-9H2,1-4H3;5-8H,4H2,1-3H3;1-2H3. The highest BCUT2D eigenvalue weighted by atomic mass is 32.2. The molecule has 1 aliphatic carbocycles. The lowest BCUT2D eigenvalue weighted by molar-refractivity contribution is 0.212. The summed E-state index contributed by atoms with van der Waals surface area (Å²) in [4.78, 5) is 4.25. The molecule has 0 aromatic carbocycles. The van der Waals surface area contributed by atoms with E-state index in [2.05, 4.69) is 59.5 Å². The Labute approximate surface area is 169 Å². The minimum absolute atomic E-state index is 0.547. The number of hydrogen-bond acceptors (Lipinski definition) is 2. The average Bonchev–Trinajstić information content (AvgIpc) is 2.57. The van der Waals surface area contributed by atoms with E-state index in [1.165, 1.54) is 49.8 Å². The van der Waals surface area contributed by atoms with Gasteiger partial charge in [0, 0.05) is 11.9 Å². The van der Waals surface area contributed by atoms with Crippen molar-refractivity contribution in [2.24, 2.45) is 17.3 Å². The van der Waals surface area contributed by atoms with E-state index < -0.39 is 0 Å². The molecule has 1 saturated carbocycles. The lowest BCUT2D eigenvalue weighted by Crippen LogP contribution is -2.18. The largest absolute Gasteiger partial charge is 0.261 e. The topological polar surface area (TPSA) is 12.9 Å². The Morgan fingerprint density at radius 3 is 2.12 bits per heavy atom. The molecule has 0 N–H and O–H groups in total. The highest BCUT2D eigenvalue weighted by Gasteiger charge is 2.22. The molecule has 2 rings (SSSR count). The summed E-state index contributed by atoms with van der Waals surface area (Å²) in [6.07, 6.45) is 14.5. The molecule has 0 bridgehead atoms.